The number of benzene rings is 2. The molecule has 1 saturated heterocycles. The van der Waals surface area contributed by atoms with E-state index < -0.39 is 23.0 Å². The summed E-state index contributed by atoms with van der Waals surface area (Å²) < 4.78 is 6.56. The molecule has 5 aliphatic carbocycles. The summed E-state index contributed by atoms with van der Waals surface area (Å²) in [6.45, 7) is 2.51. The lowest BCUT2D eigenvalue weighted by Gasteiger charge is -2.70. The maximum Gasteiger partial charge on any atom is 0.226 e. The smallest absolute Gasteiger partial charge is 0.226 e. The third-order valence-electron chi connectivity index (χ3n) is 10.4. The standard InChI is InChI=1S/C30H32N2O4/c33-22-9-8-20-14-23-28-10-11-30(35,21(15-28)26(34)31-16-18-4-2-1-3-5-18)27-29(28,24(20)25(22)36-27)12-13-32(23)17-19-6-7-19/h1-5,8-11,19,21,23,27,33,35H,6-7,12-17H2,(H,31,34)/t21-,23-,27-,28-,29+,30-/m1/s1. The van der Waals surface area contributed by atoms with Gasteiger partial charge in [0.25, 0.3) is 0 Å². The average Bonchev–Trinajstić information content (AvgIpc) is 3.63. The molecule has 1 amide bonds. The summed E-state index contributed by atoms with van der Waals surface area (Å²) in [7, 11) is 0. The van der Waals surface area contributed by atoms with E-state index in [4.69, 9.17) is 4.74 Å². The zero-order valence-electron chi connectivity index (χ0n) is 20.3. The summed E-state index contributed by atoms with van der Waals surface area (Å²) in [6, 6.07) is 13.9. The minimum atomic E-state index is -1.42. The first-order valence-corrected chi connectivity index (χ1v) is 13.5. The molecule has 0 unspecified atom stereocenters. The van der Waals surface area contributed by atoms with Gasteiger partial charge in [0.1, 0.15) is 11.7 Å². The van der Waals surface area contributed by atoms with Crippen molar-refractivity contribution in [3.63, 3.8) is 0 Å². The van der Waals surface area contributed by atoms with Gasteiger partial charge in [0, 0.05) is 30.1 Å². The molecule has 0 aromatic heterocycles. The second-order valence-corrected chi connectivity index (χ2v) is 12.0. The molecule has 2 aliphatic heterocycles. The Morgan fingerprint density at radius 3 is 2.78 bits per heavy atom. The van der Waals surface area contributed by atoms with Crippen LogP contribution in [-0.4, -0.2) is 51.9 Å². The Bertz CT molecular complexity index is 1310. The normalized spacial score (nSPS) is 39.0. The molecule has 36 heavy (non-hydrogen) atoms. The number of nitrogens with one attached hydrogen (secondary N) is 1. The third-order valence-corrected chi connectivity index (χ3v) is 10.4. The molecular weight excluding hydrogens is 452 g/mol. The number of phenolic OH excluding ortho intramolecular Hbond substituents is 1. The molecule has 7 aliphatic rings. The number of aromatic hydroxyl groups is 1. The largest absolute Gasteiger partial charge is 0.504 e. The number of ether oxygens (including phenoxy) is 1. The van der Waals surface area contributed by atoms with E-state index in [2.05, 4.69) is 22.4 Å². The fraction of sp³-hybridized carbons (Fsp3) is 0.500. The number of hydrogen-bond acceptors (Lipinski definition) is 5. The SMILES string of the molecule is O=C(NCc1ccccc1)[C@H]1C[C@@]23C=C[C@]1(O)[C@@H]1Oc4c(O)ccc5c4[C@@]12CCN(CC1CC1)[C@@H]3C5. The van der Waals surface area contributed by atoms with Crippen molar-refractivity contribution in [1.82, 2.24) is 10.2 Å². The first-order valence-electron chi connectivity index (χ1n) is 13.5. The van der Waals surface area contributed by atoms with Crippen LogP contribution in [0.5, 0.6) is 11.5 Å². The zero-order chi connectivity index (χ0) is 24.3. The Morgan fingerprint density at radius 2 is 1.97 bits per heavy atom. The van der Waals surface area contributed by atoms with Crippen LogP contribution in [0.2, 0.25) is 0 Å². The minimum absolute atomic E-state index is 0.124. The van der Waals surface area contributed by atoms with Crippen molar-refractivity contribution >= 4 is 5.91 Å². The van der Waals surface area contributed by atoms with Crippen LogP contribution in [0.1, 0.15) is 42.4 Å². The van der Waals surface area contributed by atoms with Gasteiger partial charge < -0.3 is 20.3 Å². The summed E-state index contributed by atoms with van der Waals surface area (Å²) in [6.07, 6.45) is 8.52. The molecule has 2 spiro atoms. The van der Waals surface area contributed by atoms with Gasteiger partial charge in [-0.15, -0.1) is 0 Å². The van der Waals surface area contributed by atoms with Crippen molar-refractivity contribution in [1.29, 1.82) is 0 Å². The number of carbonyl (C=O) groups excluding carboxylic acids is 1. The molecular formula is C30H32N2O4. The Balaban J connectivity index is 1.24. The molecule has 9 rings (SSSR count). The van der Waals surface area contributed by atoms with Gasteiger partial charge >= 0.3 is 0 Å². The number of rotatable bonds is 5. The minimum Gasteiger partial charge on any atom is -0.504 e. The van der Waals surface area contributed by atoms with Crippen molar-refractivity contribution in [3.05, 3.63) is 71.3 Å². The van der Waals surface area contributed by atoms with Gasteiger partial charge in [0.15, 0.2) is 11.5 Å². The average molecular weight is 485 g/mol. The molecule has 2 aromatic carbocycles. The molecule has 4 bridgehead atoms. The lowest BCUT2D eigenvalue weighted by Crippen LogP contribution is -2.79. The molecule has 0 radical (unpaired) electrons. The van der Waals surface area contributed by atoms with Gasteiger partial charge in [0.2, 0.25) is 5.91 Å². The first-order chi connectivity index (χ1) is 17.5. The van der Waals surface area contributed by atoms with E-state index in [1.807, 2.05) is 36.4 Å². The van der Waals surface area contributed by atoms with Gasteiger partial charge in [0.05, 0.1) is 11.3 Å². The highest BCUT2D eigenvalue weighted by Gasteiger charge is 2.79. The summed E-state index contributed by atoms with van der Waals surface area (Å²) in [5.74, 6) is 0.719. The number of nitrogens with zero attached hydrogens (tertiary/aromatic N) is 1. The highest BCUT2D eigenvalue weighted by atomic mass is 16.5. The van der Waals surface area contributed by atoms with Crippen molar-refractivity contribution in [3.8, 4) is 11.5 Å². The lowest BCUT2D eigenvalue weighted by atomic mass is 9.37. The lowest BCUT2D eigenvalue weighted by molar-refractivity contribution is -0.206. The Kier molecular flexibility index (Phi) is 4.09. The van der Waals surface area contributed by atoms with E-state index >= 15 is 0 Å². The van der Waals surface area contributed by atoms with E-state index in [1.54, 1.807) is 6.07 Å². The predicted octanol–water partition coefficient (Wildman–Crippen LogP) is 3.06. The number of carbonyl (C=O) groups is 1. The number of piperidine rings is 1. The van der Waals surface area contributed by atoms with Crippen LogP contribution in [0.15, 0.2) is 54.6 Å². The van der Waals surface area contributed by atoms with Crippen LogP contribution in [0.3, 0.4) is 0 Å². The maximum absolute atomic E-state index is 13.7. The number of likely N-dealkylation sites (tertiary alicyclic amines) is 1. The maximum atomic E-state index is 13.7. The third kappa shape index (κ3) is 2.47. The number of phenols is 1. The van der Waals surface area contributed by atoms with Crippen LogP contribution in [0.4, 0.5) is 0 Å². The van der Waals surface area contributed by atoms with Crippen molar-refractivity contribution < 1.29 is 19.7 Å². The topological polar surface area (TPSA) is 82.0 Å². The van der Waals surface area contributed by atoms with Gasteiger partial charge in [-0.05, 0) is 61.8 Å². The first kappa shape index (κ1) is 21.3. The second-order valence-electron chi connectivity index (χ2n) is 12.0. The Hall–Kier alpha value is -2.83. The quantitative estimate of drug-likeness (QED) is 0.569. The zero-order valence-corrected chi connectivity index (χ0v) is 20.3. The summed E-state index contributed by atoms with van der Waals surface area (Å²) in [5, 5.41) is 26.2. The fourth-order valence-corrected chi connectivity index (χ4v) is 8.69. The number of fused-ring (bicyclic) bond motifs is 1. The molecule has 6 atom stereocenters. The Morgan fingerprint density at radius 1 is 1.14 bits per heavy atom. The van der Waals surface area contributed by atoms with E-state index in [0.29, 0.717) is 18.7 Å². The molecule has 6 heteroatoms. The van der Waals surface area contributed by atoms with E-state index in [0.717, 1.165) is 43.0 Å². The van der Waals surface area contributed by atoms with Crippen molar-refractivity contribution in [2.24, 2.45) is 17.3 Å². The van der Waals surface area contributed by atoms with Gasteiger partial charge in [-0.3, -0.25) is 9.69 Å². The van der Waals surface area contributed by atoms with Crippen molar-refractivity contribution in [2.45, 2.75) is 61.8 Å². The molecule has 3 fully saturated rings. The molecule has 2 aromatic rings. The molecule has 6 nitrogen and oxygen atoms in total. The summed E-state index contributed by atoms with van der Waals surface area (Å²) >= 11 is 0. The van der Waals surface area contributed by atoms with Crippen LogP contribution in [0, 0.1) is 17.3 Å². The molecule has 2 heterocycles. The van der Waals surface area contributed by atoms with Crippen LogP contribution < -0.4 is 10.1 Å². The molecule has 3 N–H and O–H groups in total. The highest BCUT2D eigenvalue weighted by Crippen LogP contribution is 2.74. The number of amides is 1. The van der Waals surface area contributed by atoms with E-state index in [1.165, 1.54) is 18.4 Å². The number of aliphatic hydroxyl groups is 1. The number of hydrogen-bond donors (Lipinski definition) is 3. The summed E-state index contributed by atoms with van der Waals surface area (Å²) in [5.41, 5.74) is 1.21. The van der Waals surface area contributed by atoms with Crippen LogP contribution in [0.25, 0.3) is 0 Å². The summed E-state index contributed by atoms with van der Waals surface area (Å²) in [4.78, 5) is 16.4. The predicted molar refractivity (Wildman–Crippen MR) is 134 cm³/mol. The molecule has 2 saturated carbocycles. The monoisotopic (exact) mass is 484 g/mol. The van der Waals surface area contributed by atoms with E-state index in [-0.39, 0.29) is 23.1 Å². The Labute approximate surface area is 211 Å². The highest BCUT2D eigenvalue weighted by molar-refractivity contribution is 5.82. The van der Waals surface area contributed by atoms with Crippen molar-refractivity contribution in [2.75, 3.05) is 13.1 Å². The van der Waals surface area contributed by atoms with Crippen LogP contribution >= 0.6 is 0 Å². The molecule has 186 valence electrons. The van der Waals surface area contributed by atoms with Crippen LogP contribution in [-0.2, 0) is 23.2 Å². The van der Waals surface area contributed by atoms with E-state index in [9.17, 15) is 15.0 Å². The van der Waals surface area contributed by atoms with Gasteiger partial charge in [-0.25, -0.2) is 0 Å². The van der Waals surface area contributed by atoms with Gasteiger partial charge in [-0.1, -0.05) is 48.6 Å². The fourth-order valence-electron chi connectivity index (χ4n) is 8.69. The van der Waals surface area contributed by atoms with Gasteiger partial charge in [-0.2, -0.15) is 0 Å². The second kappa shape index (κ2) is 6.93.